The Kier molecular flexibility index (Phi) is 5.65. The lowest BCUT2D eigenvalue weighted by atomic mass is 10.3. The van der Waals surface area contributed by atoms with Crippen molar-refractivity contribution in [2.75, 3.05) is 31.7 Å². The van der Waals surface area contributed by atoms with E-state index in [-0.39, 0.29) is 23.4 Å². The second-order valence-corrected chi connectivity index (χ2v) is 3.86. The number of ether oxygens (including phenoxy) is 1. The van der Waals surface area contributed by atoms with E-state index < -0.39 is 11.6 Å². The van der Waals surface area contributed by atoms with Gasteiger partial charge < -0.3 is 15.2 Å². The molecule has 1 aromatic rings. The van der Waals surface area contributed by atoms with Crippen LogP contribution < -0.4 is 5.32 Å². The van der Waals surface area contributed by atoms with Crippen LogP contribution in [0.4, 0.5) is 14.5 Å². The van der Waals surface area contributed by atoms with Gasteiger partial charge in [-0.15, -0.1) is 0 Å². The van der Waals surface area contributed by atoms with Gasteiger partial charge in [0.25, 0.3) is 0 Å². The molecule has 0 spiro atoms. The van der Waals surface area contributed by atoms with E-state index >= 15 is 0 Å². The van der Waals surface area contributed by atoms with Gasteiger partial charge in [-0.05, 0) is 22.0 Å². The second-order valence-electron chi connectivity index (χ2n) is 3.01. The Balaban J connectivity index is 2.45. The maximum Gasteiger partial charge on any atom is 0.147 e. The molecule has 1 aromatic carbocycles. The van der Waals surface area contributed by atoms with Gasteiger partial charge in [-0.1, -0.05) is 0 Å². The summed E-state index contributed by atoms with van der Waals surface area (Å²) in [6.07, 6.45) is 0. The first kappa shape index (κ1) is 13.3. The molecule has 0 unspecified atom stereocenters. The summed E-state index contributed by atoms with van der Waals surface area (Å²) in [7, 11) is 0. The third-order valence-corrected chi connectivity index (χ3v) is 2.42. The van der Waals surface area contributed by atoms with Crippen molar-refractivity contribution in [1.82, 2.24) is 0 Å². The standard InChI is InChI=1S/C10H12BrF2NO2/c11-7-5-9(13)10(6-8(7)12)14-1-3-16-4-2-15/h5-6,14-15H,1-4H2. The molecule has 0 aliphatic heterocycles. The minimum atomic E-state index is -0.532. The Labute approximate surface area is 101 Å². The Morgan fingerprint density at radius 1 is 1.25 bits per heavy atom. The quantitative estimate of drug-likeness (QED) is 0.624. The summed E-state index contributed by atoms with van der Waals surface area (Å²) in [5, 5.41) is 11.1. The lowest BCUT2D eigenvalue weighted by Gasteiger charge is -2.08. The number of anilines is 1. The van der Waals surface area contributed by atoms with E-state index in [1.54, 1.807) is 0 Å². The number of hydrogen-bond donors (Lipinski definition) is 2. The van der Waals surface area contributed by atoms with E-state index in [1.165, 1.54) is 0 Å². The molecule has 90 valence electrons. The topological polar surface area (TPSA) is 41.5 Å². The molecule has 0 radical (unpaired) electrons. The average molecular weight is 296 g/mol. The minimum Gasteiger partial charge on any atom is -0.394 e. The van der Waals surface area contributed by atoms with Crippen LogP contribution in [0.25, 0.3) is 0 Å². The Bertz CT molecular complexity index is 350. The predicted octanol–water partition coefficient (Wildman–Crippen LogP) is 2.15. The summed E-state index contributed by atoms with van der Waals surface area (Å²) in [4.78, 5) is 0. The Morgan fingerprint density at radius 3 is 2.69 bits per heavy atom. The summed E-state index contributed by atoms with van der Waals surface area (Å²) in [5.41, 5.74) is 0.0910. The molecule has 0 saturated carbocycles. The number of aliphatic hydroxyl groups is 1. The molecule has 3 nitrogen and oxygen atoms in total. The van der Waals surface area contributed by atoms with Gasteiger partial charge in [-0.3, -0.25) is 0 Å². The van der Waals surface area contributed by atoms with E-state index in [0.29, 0.717) is 13.2 Å². The highest BCUT2D eigenvalue weighted by Crippen LogP contribution is 2.22. The van der Waals surface area contributed by atoms with Gasteiger partial charge in [0, 0.05) is 12.6 Å². The fourth-order valence-corrected chi connectivity index (χ4v) is 1.40. The van der Waals surface area contributed by atoms with Crippen LogP contribution in [0.1, 0.15) is 0 Å². The molecule has 0 heterocycles. The van der Waals surface area contributed by atoms with E-state index in [2.05, 4.69) is 21.2 Å². The van der Waals surface area contributed by atoms with Crippen LogP contribution in [-0.4, -0.2) is 31.5 Å². The molecule has 0 aliphatic carbocycles. The van der Waals surface area contributed by atoms with E-state index in [4.69, 9.17) is 9.84 Å². The summed E-state index contributed by atoms with van der Waals surface area (Å²) in [6, 6.07) is 2.14. The molecule has 0 atom stereocenters. The molecule has 0 fully saturated rings. The molecule has 1 rings (SSSR count). The van der Waals surface area contributed by atoms with Gasteiger partial charge in [0.2, 0.25) is 0 Å². The van der Waals surface area contributed by atoms with Crippen molar-refractivity contribution in [2.24, 2.45) is 0 Å². The summed E-state index contributed by atoms with van der Waals surface area (Å²) < 4.78 is 31.4. The van der Waals surface area contributed by atoms with E-state index in [0.717, 1.165) is 12.1 Å². The molecule has 0 amide bonds. The van der Waals surface area contributed by atoms with E-state index in [1.807, 2.05) is 0 Å². The monoisotopic (exact) mass is 295 g/mol. The Hall–Kier alpha value is -0.720. The first-order valence-corrected chi connectivity index (χ1v) is 5.51. The lowest BCUT2D eigenvalue weighted by molar-refractivity contribution is 0.0992. The second kappa shape index (κ2) is 6.78. The molecular weight excluding hydrogens is 284 g/mol. The first-order valence-electron chi connectivity index (χ1n) is 4.72. The highest BCUT2D eigenvalue weighted by atomic mass is 79.9. The number of nitrogens with one attached hydrogen (secondary N) is 1. The van der Waals surface area contributed by atoms with Crippen molar-refractivity contribution in [2.45, 2.75) is 0 Å². The number of rotatable bonds is 6. The molecule has 0 bridgehead atoms. The van der Waals surface area contributed by atoms with Gasteiger partial charge in [-0.2, -0.15) is 0 Å². The molecule has 0 aliphatic rings. The number of halogens is 3. The predicted molar refractivity (Wildman–Crippen MR) is 60.5 cm³/mol. The SMILES string of the molecule is OCCOCCNc1cc(F)c(Br)cc1F. The van der Waals surface area contributed by atoms with Gasteiger partial charge in [0.1, 0.15) is 11.6 Å². The molecule has 0 saturated heterocycles. The molecular formula is C10H12BrF2NO2. The van der Waals surface area contributed by atoms with Crippen LogP contribution in [0.2, 0.25) is 0 Å². The molecule has 16 heavy (non-hydrogen) atoms. The van der Waals surface area contributed by atoms with Crippen molar-refractivity contribution < 1.29 is 18.6 Å². The summed E-state index contributed by atoms with van der Waals surface area (Å²) in [5.74, 6) is -1.06. The minimum absolute atomic E-state index is 0.0543. The van der Waals surface area contributed by atoms with Crippen LogP contribution in [0, 0.1) is 11.6 Å². The highest BCUT2D eigenvalue weighted by molar-refractivity contribution is 9.10. The normalized spacial score (nSPS) is 10.5. The van der Waals surface area contributed by atoms with Crippen LogP contribution in [0.5, 0.6) is 0 Å². The first-order chi connectivity index (χ1) is 7.65. The molecule has 2 N–H and O–H groups in total. The lowest BCUT2D eigenvalue weighted by Crippen LogP contribution is -2.12. The van der Waals surface area contributed by atoms with Gasteiger partial charge in [-0.25, -0.2) is 8.78 Å². The number of benzene rings is 1. The summed E-state index contributed by atoms with van der Waals surface area (Å²) >= 11 is 2.89. The van der Waals surface area contributed by atoms with Gasteiger partial charge in [0.15, 0.2) is 0 Å². The maximum atomic E-state index is 13.3. The van der Waals surface area contributed by atoms with Crippen molar-refractivity contribution in [3.05, 3.63) is 28.2 Å². The van der Waals surface area contributed by atoms with Crippen molar-refractivity contribution in [1.29, 1.82) is 0 Å². The fourth-order valence-electron chi connectivity index (χ4n) is 1.08. The summed E-state index contributed by atoms with van der Waals surface area (Å²) in [6.45, 7) is 0.843. The van der Waals surface area contributed by atoms with Crippen LogP contribution in [0.3, 0.4) is 0 Å². The fraction of sp³-hybridized carbons (Fsp3) is 0.400. The third-order valence-electron chi connectivity index (χ3n) is 1.81. The van der Waals surface area contributed by atoms with Crippen LogP contribution >= 0.6 is 15.9 Å². The zero-order valence-corrected chi connectivity index (χ0v) is 10.1. The third kappa shape index (κ3) is 4.03. The zero-order chi connectivity index (χ0) is 12.0. The number of hydrogen-bond acceptors (Lipinski definition) is 3. The van der Waals surface area contributed by atoms with Crippen LogP contribution in [-0.2, 0) is 4.74 Å². The Morgan fingerprint density at radius 2 is 2.00 bits per heavy atom. The van der Waals surface area contributed by atoms with E-state index in [9.17, 15) is 8.78 Å². The smallest absolute Gasteiger partial charge is 0.147 e. The van der Waals surface area contributed by atoms with Gasteiger partial charge in [0.05, 0.1) is 30.0 Å². The van der Waals surface area contributed by atoms with Gasteiger partial charge >= 0.3 is 0 Å². The number of aliphatic hydroxyl groups excluding tert-OH is 1. The largest absolute Gasteiger partial charge is 0.394 e. The molecule has 0 aromatic heterocycles. The molecule has 6 heteroatoms. The van der Waals surface area contributed by atoms with Crippen molar-refractivity contribution in [3.8, 4) is 0 Å². The van der Waals surface area contributed by atoms with Crippen molar-refractivity contribution >= 4 is 21.6 Å². The highest BCUT2D eigenvalue weighted by Gasteiger charge is 2.07. The van der Waals surface area contributed by atoms with Crippen molar-refractivity contribution in [3.63, 3.8) is 0 Å². The zero-order valence-electron chi connectivity index (χ0n) is 8.47. The van der Waals surface area contributed by atoms with Crippen LogP contribution in [0.15, 0.2) is 16.6 Å². The maximum absolute atomic E-state index is 13.3. The average Bonchev–Trinajstić information content (AvgIpc) is 2.25.